The van der Waals surface area contributed by atoms with Crippen molar-refractivity contribution in [1.82, 2.24) is 19.4 Å². The molecule has 0 unspecified atom stereocenters. The lowest BCUT2D eigenvalue weighted by Crippen LogP contribution is -2.47. The number of aromatic amines is 1. The van der Waals surface area contributed by atoms with Gasteiger partial charge in [-0.15, -0.1) is 0 Å². The van der Waals surface area contributed by atoms with Crippen molar-refractivity contribution in [3.05, 3.63) is 105 Å². The molecule has 10 nitrogen and oxygen atoms in total. The van der Waals surface area contributed by atoms with Gasteiger partial charge in [-0.3, -0.25) is 19.2 Å². The van der Waals surface area contributed by atoms with Crippen LogP contribution in [0.1, 0.15) is 44.9 Å². The molecule has 236 valence electrons. The van der Waals surface area contributed by atoms with E-state index in [4.69, 9.17) is 5.73 Å². The maximum absolute atomic E-state index is 13.5. The van der Waals surface area contributed by atoms with Crippen LogP contribution >= 0.6 is 0 Å². The third-order valence-electron chi connectivity index (χ3n) is 8.90. The number of primary amides is 1. The van der Waals surface area contributed by atoms with Gasteiger partial charge in [0.05, 0.1) is 11.3 Å². The number of amides is 3. The van der Waals surface area contributed by atoms with Crippen LogP contribution in [0.2, 0.25) is 0 Å². The minimum absolute atomic E-state index is 0.156. The fourth-order valence-corrected chi connectivity index (χ4v) is 6.15. The summed E-state index contributed by atoms with van der Waals surface area (Å²) in [5.74, 6) is -1.45. The topological polar surface area (TPSA) is 134 Å². The smallest absolute Gasteiger partial charge is 0.256 e. The summed E-state index contributed by atoms with van der Waals surface area (Å²) in [5.41, 5.74) is 11.5. The normalized spacial score (nSPS) is 15.7. The zero-order valence-corrected chi connectivity index (χ0v) is 25.9. The number of halogens is 1. The number of pyridine rings is 1. The molecule has 6 rings (SSSR count). The molecule has 1 saturated heterocycles. The van der Waals surface area contributed by atoms with Crippen LogP contribution in [0.25, 0.3) is 28.5 Å². The molecule has 2 aliphatic rings. The van der Waals surface area contributed by atoms with Crippen molar-refractivity contribution in [2.75, 3.05) is 38.5 Å². The van der Waals surface area contributed by atoms with Gasteiger partial charge < -0.3 is 30.4 Å². The number of nitrogens with zero attached hydrogens (tertiary/aromatic N) is 3. The minimum Gasteiger partial charge on any atom is -0.365 e. The number of nitrogens with two attached hydrogens (primary N) is 1. The molecule has 4 aromatic rings. The third-order valence-corrected chi connectivity index (χ3v) is 8.90. The Balaban J connectivity index is 1.28. The Hall–Kier alpha value is -5.29. The number of carbonyl (C=O) groups is 3. The lowest BCUT2D eigenvalue weighted by Gasteiger charge is -2.32. The fraction of sp³-hybridized carbons (Fsp3) is 0.257. The molecule has 0 spiro atoms. The Morgan fingerprint density at radius 3 is 2.39 bits per heavy atom. The number of hydrogen-bond donors (Lipinski definition) is 3. The maximum atomic E-state index is 13.5. The van der Waals surface area contributed by atoms with Gasteiger partial charge in [0, 0.05) is 73.2 Å². The largest absolute Gasteiger partial charge is 0.365 e. The predicted octanol–water partition coefficient (Wildman–Crippen LogP) is 3.89. The second kappa shape index (κ2) is 12.2. The van der Waals surface area contributed by atoms with Crippen LogP contribution in [0.5, 0.6) is 0 Å². The highest BCUT2D eigenvalue weighted by atomic mass is 19.1. The molecule has 0 radical (unpaired) electrons. The molecule has 2 aromatic heterocycles. The molecule has 0 bridgehead atoms. The molecule has 4 heterocycles. The van der Waals surface area contributed by atoms with Gasteiger partial charge in [0.25, 0.3) is 11.8 Å². The quantitative estimate of drug-likeness (QED) is 0.269. The fourth-order valence-electron chi connectivity index (χ4n) is 6.15. The Morgan fingerprint density at radius 1 is 0.978 bits per heavy atom. The number of H-pyrrole nitrogens is 1. The molecule has 3 amide bonds. The van der Waals surface area contributed by atoms with E-state index < -0.39 is 17.2 Å². The second-order valence-electron chi connectivity index (χ2n) is 11.9. The van der Waals surface area contributed by atoms with Crippen molar-refractivity contribution in [1.29, 1.82) is 0 Å². The molecule has 46 heavy (non-hydrogen) atoms. The first-order valence-corrected chi connectivity index (χ1v) is 15.1. The molecule has 2 aromatic carbocycles. The summed E-state index contributed by atoms with van der Waals surface area (Å²) in [6.45, 7) is 7.23. The van der Waals surface area contributed by atoms with Gasteiger partial charge in [-0.1, -0.05) is 18.2 Å². The Labute approximate surface area is 265 Å². The number of aromatic nitrogens is 2. The van der Waals surface area contributed by atoms with E-state index >= 15 is 0 Å². The molecule has 4 N–H and O–H groups in total. The average Bonchev–Trinajstić information content (AvgIpc) is 3.49. The van der Waals surface area contributed by atoms with Crippen molar-refractivity contribution in [2.45, 2.75) is 26.7 Å². The van der Waals surface area contributed by atoms with Crippen LogP contribution in [0.3, 0.4) is 0 Å². The number of benzene rings is 2. The van der Waals surface area contributed by atoms with E-state index in [9.17, 15) is 23.6 Å². The molecule has 2 aliphatic heterocycles. The van der Waals surface area contributed by atoms with Crippen molar-refractivity contribution in [3.8, 4) is 16.8 Å². The van der Waals surface area contributed by atoms with Crippen molar-refractivity contribution < 1.29 is 18.8 Å². The van der Waals surface area contributed by atoms with Gasteiger partial charge in [-0.2, -0.15) is 0 Å². The Bertz CT molecular complexity index is 1970. The zero-order chi connectivity index (χ0) is 32.7. The first kappa shape index (κ1) is 30.7. The molecule has 0 aliphatic carbocycles. The summed E-state index contributed by atoms with van der Waals surface area (Å²) >= 11 is 0. The molecular weight excluding hydrogens is 587 g/mol. The van der Waals surface area contributed by atoms with E-state index in [1.165, 1.54) is 30.5 Å². The van der Waals surface area contributed by atoms with Crippen LogP contribution < -0.4 is 16.5 Å². The zero-order valence-electron chi connectivity index (χ0n) is 25.9. The van der Waals surface area contributed by atoms with Gasteiger partial charge in [0.1, 0.15) is 11.4 Å². The van der Waals surface area contributed by atoms with E-state index in [-0.39, 0.29) is 22.9 Å². The van der Waals surface area contributed by atoms with E-state index in [2.05, 4.69) is 22.2 Å². The summed E-state index contributed by atoms with van der Waals surface area (Å²) in [7, 11) is 2.06. The van der Waals surface area contributed by atoms with E-state index in [1.807, 2.05) is 24.8 Å². The van der Waals surface area contributed by atoms with Gasteiger partial charge in [0.15, 0.2) is 0 Å². The van der Waals surface area contributed by atoms with Crippen molar-refractivity contribution in [2.24, 2.45) is 5.73 Å². The SMILES string of the molecule is Cc1[nH]c(C=C2C(=O)Nc3cc(-n4cc(C(N)=O)c(=O)c(-c5ccc(F)cc5)c4)ccc32)c(C)c1CCC(=O)N1CCN(C)CC1. The van der Waals surface area contributed by atoms with Crippen LogP contribution in [-0.4, -0.2) is 70.3 Å². The number of aryl methyl sites for hydroxylation is 1. The second-order valence-corrected chi connectivity index (χ2v) is 11.9. The lowest BCUT2D eigenvalue weighted by atomic mass is 10.0. The molecular formula is C35H35FN6O4. The predicted molar refractivity (Wildman–Crippen MR) is 175 cm³/mol. The standard InChI is InChI=1S/C35H35FN6O4/c1-20-25(10-11-32(43)41-14-12-40(3)13-15-41)21(2)38-30(20)17-27-26-9-8-24(16-31(26)39-35(27)46)42-18-28(22-4-6-23(36)7-5-22)33(44)29(19-42)34(37)45/h4-9,16-19,38H,10-15H2,1-3H3,(H2,37,45)(H,39,46). The van der Waals surface area contributed by atoms with E-state index in [1.54, 1.807) is 29.0 Å². The monoisotopic (exact) mass is 622 g/mol. The number of carbonyl (C=O) groups excluding carboxylic acids is 3. The van der Waals surface area contributed by atoms with Crippen molar-refractivity contribution in [3.63, 3.8) is 0 Å². The minimum atomic E-state index is -0.887. The number of fused-ring (bicyclic) bond motifs is 1. The van der Waals surface area contributed by atoms with Gasteiger partial charge >= 0.3 is 0 Å². The van der Waals surface area contributed by atoms with Crippen LogP contribution in [-0.2, 0) is 16.0 Å². The number of nitrogens with one attached hydrogen (secondary N) is 2. The molecule has 0 saturated carbocycles. The van der Waals surface area contributed by atoms with Crippen molar-refractivity contribution >= 4 is 35.1 Å². The highest BCUT2D eigenvalue weighted by Crippen LogP contribution is 2.36. The number of rotatable bonds is 7. The van der Waals surface area contributed by atoms with Crippen LogP contribution in [0.15, 0.2) is 59.7 Å². The van der Waals surface area contributed by atoms with Gasteiger partial charge in [0.2, 0.25) is 11.3 Å². The summed E-state index contributed by atoms with van der Waals surface area (Å²) in [4.78, 5) is 58.8. The summed E-state index contributed by atoms with van der Waals surface area (Å²) in [6.07, 6.45) is 5.77. The Kier molecular flexibility index (Phi) is 8.18. The molecule has 0 atom stereocenters. The summed E-state index contributed by atoms with van der Waals surface area (Å²) in [5, 5.41) is 2.92. The van der Waals surface area contributed by atoms with Crippen LogP contribution in [0.4, 0.5) is 10.1 Å². The number of likely N-dealkylation sites (N-methyl/N-ethyl adjacent to an activating group) is 1. The van der Waals surface area contributed by atoms with Gasteiger partial charge in [-0.25, -0.2) is 4.39 Å². The van der Waals surface area contributed by atoms with E-state index in [0.717, 1.165) is 48.7 Å². The van der Waals surface area contributed by atoms with E-state index in [0.29, 0.717) is 40.9 Å². The van der Waals surface area contributed by atoms with Crippen LogP contribution in [0, 0.1) is 19.7 Å². The highest BCUT2D eigenvalue weighted by molar-refractivity contribution is 6.35. The number of piperazine rings is 1. The number of anilines is 1. The number of hydrogen-bond acceptors (Lipinski definition) is 5. The lowest BCUT2D eigenvalue weighted by molar-refractivity contribution is -0.132. The third kappa shape index (κ3) is 5.89. The summed E-state index contributed by atoms with van der Waals surface area (Å²) in [6, 6.07) is 10.7. The first-order chi connectivity index (χ1) is 22.0. The molecule has 1 fully saturated rings. The first-order valence-electron chi connectivity index (χ1n) is 15.1. The van der Waals surface area contributed by atoms with Gasteiger partial charge in [-0.05, 0) is 74.3 Å². The average molecular weight is 623 g/mol. The highest BCUT2D eigenvalue weighted by Gasteiger charge is 2.26. The summed E-state index contributed by atoms with van der Waals surface area (Å²) < 4.78 is 15.1. The maximum Gasteiger partial charge on any atom is 0.256 e. The molecule has 11 heteroatoms. The Morgan fingerprint density at radius 2 is 1.70 bits per heavy atom.